The Kier molecular flexibility index (Phi) is 7.83. The van der Waals surface area contributed by atoms with Crippen molar-refractivity contribution in [1.82, 2.24) is 20.2 Å². The number of phenols is 1. The molecule has 2 atom stereocenters. The quantitative estimate of drug-likeness (QED) is 0.427. The van der Waals surface area contributed by atoms with Crippen LogP contribution in [-0.2, 0) is 4.74 Å². The van der Waals surface area contributed by atoms with Crippen LogP contribution in [-0.4, -0.2) is 91.0 Å². The van der Waals surface area contributed by atoms with Crippen molar-refractivity contribution in [2.45, 2.75) is 18.6 Å². The van der Waals surface area contributed by atoms with Crippen molar-refractivity contribution in [1.29, 1.82) is 5.26 Å². The molecule has 3 aromatic rings. The van der Waals surface area contributed by atoms with E-state index in [-0.39, 0.29) is 36.2 Å². The van der Waals surface area contributed by atoms with Gasteiger partial charge in [-0.1, -0.05) is 24.3 Å². The number of ether oxygens (including phenoxy) is 2. The zero-order valence-corrected chi connectivity index (χ0v) is 21.3. The molecule has 198 valence electrons. The summed E-state index contributed by atoms with van der Waals surface area (Å²) >= 11 is 0. The first-order chi connectivity index (χ1) is 18.5. The minimum absolute atomic E-state index is 0.00445. The number of likely N-dealkylation sites (N-methyl/N-ethyl adjacent to an activating group) is 1. The monoisotopic (exact) mass is 517 g/mol. The molecule has 0 unspecified atom stereocenters. The second-order valence-corrected chi connectivity index (χ2v) is 9.59. The van der Waals surface area contributed by atoms with Crippen LogP contribution in [0.1, 0.15) is 16.9 Å². The second-order valence-electron chi connectivity index (χ2n) is 9.59. The van der Waals surface area contributed by atoms with Gasteiger partial charge in [0, 0.05) is 56.3 Å². The van der Waals surface area contributed by atoms with Crippen LogP contribution in [0, 0.1) is 11.3 Å². The molecule has 1 amide bonds. The van der Waals surface area contributed by atoms with Crippen LogP contribution in [0.4, 0.5) is 11.5 Å². The van der Waals surface area contributed by atoms with E-state index in [0.29, 0.717) is 44.2 Å². The molecule has 3 N–H and O–H groups in total. The third kappa shape index (κ3) is 6.11. The molecule has 3 heterocycles. The van der Waals surface area contributed by atoms with E-state index in [9.17, 15) is 9.90 Å². The van der Waals surface area contributed by atoms with E-state index in [0.717, 1.165) is 23.9 Å². The van der Waals surface area contributed by atoms with E-state index in [1.807, 2.05) is 36.2 Å². The number of hydrogen-bond acceptors (Lipinski definition) is 10. The minimum Gasteiger partial charge on any atom is -0.508 e. The molecule has 2 aromatic carbocycles. The number of hydrogen-bond donors (Lipinski definition) is 3. The SMILES string of the molecule is CN1CCO[C@@H](COc2nc(C(=O)Nc3cc(O)cc4ccccc34)cc(N3CCN[C@@H](CC#N)C3)n2)C1. The summed E-state index contributed by atoms with van der Waals surface area (Å²) in [5.74, 6) is 0.145. The first-order valence-electron chi connectivity index (χ1n) is 12.7. The fourth-order valence-electron chi connectivity index (χ4n) is 4.76. The molecular weight excluding hydrogens is 486 g/mol. The van der Waals surface area contributed by atoms with Gasteiger partial charge in [-0.2, -0.15) is 15.2 Å². The largest absolute Gasteiger partial charge is 0.508 e. The Labute approximate surface area is 221 Å². The number of morpholine rings is 1. The predicted molar refractivity (Wildman–Crippen MR) is 143 cm³/mol. The van der Waals surface area contributed by atoms with E-state index >= 15 is 0 Å². The lowest BCUT2D eigenvalue weighted by Crippen LogP contribution is -2.51. The number of nitrogens with zero attached hydrogens (tertiary/aromatic N) is 5. The molecule has 0 spiro atoms. The van der Waals surface area contributed by atoms with Gasteiger partial charge in [0.1, 0.15) is 30.0 Å². The summed E-state index contributed by atoms with van der Waals surface area (Å²) in [4.78, 5) is 26.6. The average molecular weight is 518 g/mol. The summed E-state index contributed by atoms with van der Waals surface area (Å²) in [6.45, 7) is 4.38. The van der Waals surface area contributed by atoms with E-state index in [1.165, 1.54) is 6.07 Å². The summed E-state index contributed by atoms with van der Waals surface area (Å²) < 4.78 is 11.7. The maximum atomic E-state index is 13.4. The lowest BCUT2D eigenvalue weighted by Gasteiger charge is -2.33. The average Bonchev–Trinajstić information content (AvgIpc) is 2.92. The lowest BCUT2D eigenvalue weighted by molar-refractivity contribution is -0.0417. The zero-order valence-electron chi connectivity index (χ0n) is 21.3. The molecule has 2 saturated heterocycles. The van der Waals surface area contributed by atoms with Crippen LogP contribution >= 0.6 is 0 Å². The molecule has 2 fully saturated rings. The summed E-state index contributed by atoms with van der Waals surface area (Å²) in [5.41, 5.74) is 0.609. The van der Waals surface area contributed by atoms with Gasteiger partial charge in [-0.05, 0) is 18.5 Å². The van der Waals surface area contributed by atoms with Crippen molar-refractivity contribution in [3.63, 3.8) is 0 Å². The van der Waals surface area contributed by atoms with Gasteiger partial charge in [0.2, 0.25) is 0 Å². The predicted octanol–water partition coefficient (Wildman–Crippen LogP) is 1.99. The summed E-state index contributed by atoms with van der Waals surface area (Å²) in [6.07, 6.45) is 0.242. The normalized spacial score (nSPS) is 20.2. The summed E-state index contributed by atoms with van der Waals surface area (Å²) in [7, 11) is 2.03. The fraction of sp³-hybridized carbons (Fsp3) is 0.407. The smallest absolute Gasteiger partial charge is 0.319 e. The number of carbonyl (C=O) groups excluding carboxylic acids is 1. The molecule has 0 radical (unpaired) electrons. The van der Waals surface area contributed by atoms with Gasteiger partial charge in [0.15, 0.2) is 0 Å². The van der Waals surface area contributed by atoms with Crippen LogP contribution in [0.25, 0.3) is 10.8 Å². The minimum atomic E-state index is -0.452. The van der Waals surface area contributed by atoms with Crippen molar-refractivity contribution in [2.24, 2.45) is 0 Å². The topological polar surface area (TPSA) is 136 Å². The zero-order chi connectivity index (χ0) is 26.5. The van der Waals surface area contributed by atoms with E-state index < -0.39 is 5.91 Å². The highest BCUT2D eigenvalue weighted by atomic mass is 16.5. The molecule has 11 nitrogen and oxygen atoms in total. The lowest BCUT2D eigenvalue weighted by atomic mass is 10.1. The molecule has 11 heteroatoms. The second kappa shape index (κ2) is 11.6. The van der Waals surface area contributed by atoms with Crippen molar-refractivity contribution >= 4 is 28.2 Å². The Morgan fingerprint density at radius 1 is 1.26 bits per heavy atom. The highest BCUT2D eigenvalue weighted by molar-refractivity contribution is 6.09. The Bertz CT molecular complexity index is 1340. The molecular formula is C27H31N7O4. The molecule has 5 rings (SSSR count). The molecule has 2 aliphatic rings. The van der Waals surface area contributed by atoms with Crippen LogP contribution in [0.5, 0.6) is 11.8 Å². The van der Waals surface area contributed by atoms with Crippen LogP contribution < -0.4 is 20.3 Å². The molecule has 0 bridgehead atoms. The number of benzene rings is 2. The van der Waals surface area contributed by atoms with Crippen molar-refractivity contribution in [3.05, 3.63) is 48.2 Å². The van der Waals surface area contributed by atoms with Gasteiger partial charge in [-0.3, -0.25) is 4.79 Å². The van der Waals surface area contributed by atoms with Gasteiger partial charge in [0.05, 0.1) is 24.8 Å². The van der Waals surface area contributed by atoms with E-state index in [1.54, 1.807) is 12.1 Å². The van der Waals surface area contributed by atoms with Gasteiger partial charge < -0.3 is 35.0 Å². The third-order valence-electron chi connectivity index (χ3n) is 6.68. The number of phenolic OH excluding ortho intramolecular Hbond substituents is 1. The molecule has 1 aromatic heterocycles. The summed E-state index contributed by atoms with van der Waals surface area (Å²) in [5, 5.41) is 27.2. The number of nitrogens with one attached hydrogen (secondary N) is 2. The molecule has 38 heavy (non-hydrogen) atoms. The Hall–Kier alpha value is -3.98. The third-order valence-corrected chi connectivity index (χ3v) is 6.68. The van der Waals surface area contributed by atoms with E-state index in [4.69, 9.17) is 14.7 Å². The van der Waals surface area contributed by atoms with Gasteiger partial charge in [-0.15, -0.1) is 0 Å². The number of aromatic nitrogens is 2. The number of anilines is 2. The molecule has 0 saturated carbocycles. The van der Waals surface area contributed by atoms with Gasteiger partial charge in [0.25, 0.3) is 5.91 Å². The van der Waals surface area contributed by atoms with Crippen molar-refractivity contribution < 1.29 is 19.4 Å². The standard InChI is InChI=1S/C27H31N7O4/c1-33-10-11-37-21(16-33)17-38-27-31-24(14-25(32-27)34-9-8-29-19(15-34)6-7-28)26(36)30-23-13-20(35)12-18-4-2-3-5-22(18)23/h2-5,12-14,19,21,29,35H,6,8-11,15-17H2,1H3,(H,30,36)/t19-,21+/m0/s1. The number of rotatable bonds is 7. The Morgan fingerprint density at radius 2 is 2.13 bits per heavy atom. The van der Waals surface area contributed by atoms with Crippen LogP contribution in [0.3, 0.4) is 0 Å². The first kappa shape index (κ1) is 25.7. The summed E-state index contributed by atoms with van der Waals surface area (Å²) in [6, 6.07) is 14.6. The molecule has 0 aliphatic carbocycles. The number of amides is 1. The highest BCUT2D eigenvalue weighted by Gasteiger charge is 2.24. The van der Waals surface area contributed by atoms with Crippen molar-refractivity contribution in [2.75, 3.05) is 63.2 Å². The van der Waals surface area contributed by atoms with Gasteiger partial charge in [-0.25, -0.2) is 0 Å². The highest BCUT2D eigenvalue weighted by Crippen LogP contribution is 2.29. The maximum Gasteiger partial charge on any atom is 0.319 e. The fourth-order valence-corrected chi connectivity index (χ4v) is 4.76. The van der Waals surface area contributed by atoms with Crippen LogP contribution in [0.2, 0.25) is 0 Å². The van der Waals surface area contributed by atoms with Crippen LogP contribution in [0.15, 0.2) is 42.5 Å². The molecule has 2 aliphatic heterocycles. The Morgan fingerprint density at radius 3 is 2.97 bits per heavy atom. The number of carbonyl (C=O) groups is 1. The Balaban J connectivity index is 1.42. The van der Waals surface area contributed by atoms with Gasteiger partial charge >= 0.3 is 6.01 Å². The number of aromatic hydroxyl groups is 1. The first-order valence-corrected chi connectivity index (χ1v) is 12.7. The van der Waals surface area contributed by atoms with E-state index in [2.05, 4.69) is 31.6 Å². The number of nitriles is 1. The number of piperazine rings is 1. The van der Waals surface area contributed by atoms with Crippen molar-refractivity contribution in [3.8, 4) is 17.8 Å². The number of fused-ring (bicyclic) bond motifs is 1. The maximum absolute atomic E-state index is 13.4.